The molecular formula is C13H25NO5. The molecule has 0 fully saturated rings. The van der Waals surface area contributed by atoms with Crippen molar-refractivity contribution in [3.8, 4) is 0 Å². The van der Waals surface area contributed by atoms with Gasteiger partial charge in [-0.2, -0.15) is 0 Å². The van der Waals surface area contributed by atoms with Gasteiger partial charge in [-0.25, -0.2) is 9.59 Å². The number of esters is 1. The van der Waals surface area contributed by atoms with Crippen molar-refractivity contribution in [1.29, 1.82) is 0 Å². The highest BCUT2D eigenvalue weighted by atomic mass is 16.6. The topological polar surface area (TPSA) is 65.1 Å². The molecule has 19 heavy (non-hydrogen) atoms. The summed E-state index contributed by atoms with van der Waals surface area (Å²) in [6, 6.07) is -0.824. The summed E-state index contributed by atoms with van der Waals surface area (Å²) in [7, 11) is 4.27. The van der Waals surface area contributed by atoms with Crippen LogP contribution in [0.15, 0.2) is 0 Å². The van der Waals surface area contributed by atoms with Gasteiger partial charge in [0.15, 0.2) is 6.04 Å². The predicted molar refractivity (Wildman–Crippen MR) is 70.9 cm³/mol. The fourth-order valence-electron chi connectivity index (χ4n) is 1.65. The highest BCUT2D eigenvalue weighted by Crippen LogP contribution is 2.16. The molecular weight excluding hydrogens is 250 g/mol. The molecule has 0 unspecified atom stereocenters. The van der Waals surface area contributed by atoms with Crippen molar-refractivity contribution in [2.24, 2.45) is 0 Å². The molecule has 1 amide bonds. The molecule has 0 heterocycles. The van der Waals surface area contributed by atoms with E-state index in [0.29, 0.717) is 6.42 Å². The number of hydrogen-bond donors (Lipinski definition) is 0. The lowest BCUT2D eigenvalue weighted by molar-refractivity contribution is -0.151. The third-order valence-electron chi connectivity index (χ3n) is 2.60. The Morgan fingerprint density at radius 2 is 1.74 bits per heavy atom. The van der Waals surface area contributed by atoms with Gasteiger partial charge in [0.25, 0.3) is 0 Å². The molecule has 0 rings (SSSR count). The largest absolute Gasteiger partial charge is 0.467 e. The van der Waals surface area contributed by atoms with Crippen molar-refractivity contribution in [2.45, 2.75) is 51.9 Å². The van der Waals surface area contributed by atoms with Crippen LogP contribution >= 0.6 is 0 Å². The maximum atomic E-state index is 12.0. The highest BCUT2D eigenvalue weighted by molar-refractivity contribution is 5.82. The Balaban J connectivity index is 5.05. The Labute approximate surface area is 115 Å². The van der Waals surface area contributed by atoms with E-state index in [1.54, 1.807) is 20.8 Å². The summed E-state index contributed by atoms with van der Waals surface area (Å²) in [4.78, 5) is 25.0. The lowest BCUT2D eigenvalue weighted by atomic mass is 10.1. The first-order chi connectivity index (χ1) is 8.67. The Kier molecular flexibility index (Phi) is 6.83. The molecule has 0 bridgehead atoms. The molecule has 0 spiro atoms. The molecule has 0 radical (unpaired) electrons. The van der Waals surface area contributed by atoms with Gasteiger partial charge in [-0.15, -0.1) is 0 Å². The molecule has 0 saturated heterocycles. The fraction of sp³-hybridized carbons (Fsp3) is 0.846. The molecule has 0 aromatic rings. The Morgan fingerprint density at radius 3 is 2.05 bits per heavy atom. The zero-order chi connectivity index (χ0) is 15.2. The average Bonchev–Trinajstić information content (AvgIpc) is 2.32. The smallest absolute Gasteiger partial charge is 0.410 e. The minimum Gasteiger partial charge on any atom is -0.467 e. The number of carbonyl (C=O) groups is 2. The molecule has 0 aromatic heterocycles. The molecule has 6 nitrogen and oxygen atoms in total. The second-order valence-corrected chi connectivity index (χ2v) is 5.24. The minimum atomic E-state index is -0.824. The van der Waals surface area contributed by atoms with Crippen LogP contribution in [-0.4, -0.2) is 56.0 Å². The molecule has 2 atom stereocenters. The van der Waals surface area contributed by atoms with Crippen LogP contribution in [0.1, 0.15) is 34.1 Å². The van der Waals surface area contributed by atoms with Gasteiger partial charge in [0.1, 0.15) is 5.60 Å². The fourth-order valence-corrected chi connectivity index (χ4v) is 1.65. The van der Waals surface area contributed by atoms with Gasteiger partial charge in [0.05, 0.1) is 13.2 Å². The summed E-state index contributed by atoms with van der Waals surface area (Å²) >= 11 is 0. The summed E-state index contributed by atoms with van der Waals surface area (Å²) in [6.45, 7) is 7.16. The van der Waals surface area contributed by atoms with Gasteiger partial charge in [-0.1, -0.05) is 6.92 Å². The monoisotopic (exact) mass is 275 g/mol. The van der Waals surface area contributed by atoms with E-state index < -0.39 is 29.8 Å². The van der Waals surface area contributed by atoms with Crippen molar-refractivity contribution in [1.82, 2.24) is 4.90 Å². The van der Waals surface area contributed by atoms with Crippen molar-refractivity contribution < 1.29 is 23.8 Å². The zero-order valence-electron chi connectivity index (χ0n) is 12.9. The van der Waals surface area contributed by atoms with Gasteiger partial charge in [0, 0.05) is 14.2 Å². The van der Waals surface area contributed by atoms with Crippen LogP contribution in [0.5, 0.6) is 0 Å². The standard InChI is InChI=1S/C13H25NO5/c1-8-9(17-6)10(11(15)18-7)14(5)12(16)19-13(2,3)4/h9-10H,8H2,1-7H3/t9-,10-/m0/s1. The first kappa shape index (κ1) is 17.7. The normalized spacial score (nSPS) is 14.5. The number of rotatable bonds is 5. The molecule has 6 heteroatoms. The number of likely N-dealkylation sites (N-methyl/N-ethyl adjacent to an activating group) is 1. The first-order valence-electron chi connectivity index (χ1n) is 6.24. The van der Waals surface area contributed by atoms with Crippen LogP contribution in [0.4, 0.5) is 4.79 Å². The maximum absolute atomic E-state index is 12.0. The minimum absolute atomic E-state index is 0.440. The first-order valence-corrected chi connectivity index (χ1v) is 6.24. The highest BCUT2D eigenvalue weighted by Gasteiger charge is 2.36. The van der Waals surface area contributed by atoms with E-state index in [0.717, 1.165) is 0 Å². The predicted octanol–water partition coefficient (Wildman–Crippen LogP) is 1.82. The van der Waals surface area contributed by atoms with Crippen molar-refractivity contribution in [2.75, 3.05) is 21.3 Å². The SMILES string of the molecule is CC[C@H](OC)[C@@H](C(=O)OC)N(C)C(=O)OC(C)(C)C. The van der Waals surface area contributed by atoms with Crippen molar-refractivity contribution in [3.63, 3.8) is 0 Å². The van der Waals surface area contributed by atoms with E-state index in [1.165, 1.54) is 26.2 Å². The third-order valence-corrected chi connectivity index (χ3v) is 2.60. The maximum Gasteiger partial charge on any atom is 0.410 e. The van der Waals surface area contributed by atoms with Crippen molar-refractivity contribution >= 4 is 12.1 Å². The van der Waals surface area contributed by atoms with E-state index >= 15 is 0 Å². The van der Waals surface area contributed by atoms with Crippen LogP contribution in [-0.2, 0) is 19.0 Å². The third kappa shape index (κ3) is 5.46. The second-order valence-electron chi connectivity index (χ2n) is 5.24. The van der Waals surface area contributed by atoms with E-state index in [1.807, 2.05) is 6.92 Å². The molecule has 112 valence electrons. The molecule has 0 aliphatic heterocycles. The van der Waals surface area contributed by atoms with Crippen LogP contribution in [0, 0.1) is 0 Å². The summed E-state index contributed by atoms with van der Waals surface area (Å²) in [5, 5.41) is 0. The van der Waals surface area contributed by atoms with Crippen LogP contribution in [0.2, 0.25) is 0 Å². The van der Waals surface area contributed by atoms with Gasteiger partial charge < -0.3 is 14.2 Å². The van der Waals surface area contributed by atoms with Crippen LogP contribution < -0.4 is 0 Å². The van der Waals surface area contributed by atoms with Crippen molar-refractivity contribution in [3.05, 3.63) is 0 Å². The number of ether oxygens (including phenoxy) is 3. The Bertz CT molecular complexity index is 307. The molecule has 0 aromatic carbocycles. The van der Waals surface area contributed by atoms with Gasteiger partial charge in [0.2, 0.25) is 0 Å². The van der Waals surface area contributed by atoms with Gasteiger partial charge in [-0.3, -0.25) is 4.90 Å². The van der Waals surface area contributed by atoms with Gasteiger partial charge in [-0.05, 0) is 27.2 Å². The van der Waals surface area contributed by atoms with E-state index in [9.17, 15) is 9.59 Å². The molecule has 0 aliphatic rings. The summed E-state index contributed by atoms with van der Waals surface area (Å²) in [5.74, 6) is -0.526. The zero-order valence-corrected chi connectivity index (χ0v) is 12.9. The number of carbonyl (C=O) groups excluding carboxylic acids is 2. The number of amides is 1. The van der Waals surface area contributed by atoms with E-state index in [2.05, 4.69) is 0 Å². The summed E-state index contributed by atoms with van der Waals surface area (Å²) < 4.78 is 15.2. The quantitative estimate of drug-likeness (QED) is 0.716. The Morgan fingerprint density at radius 1 is 1.21 bits per heavy atom. The average molecular weight is 275 g/mol. The molecule has 0 saturated carbocycles. The van der Waals surface area contributed by atoms with E-state index in [-0.39, 0.29) is 0 Å². The lowest BCUT2D eigenvalue weighted by Gasteiger charge is -2.32. The van der Waals surface area contributed by atoms with Crippen LogP contribution in [0.3, 0.4) is 0 Å². The molecule has 0 aliphatic carbocycles. The van der Waals surface area contributed by atoms with Gasteiger partial charge >= 0.3 is 12.1 Å². The van der Waals surface area contributed by atoms with Crippen LogP contribution in [0.25, 0.3) is 0 Å². The number of methoxy groups -OCH3 is 2. The number of nitrogens with zero attached hydrogens (tertiary/aromatic N) is 1. The second kappa shape index (κ2) is 7.33. The summed E-state index contributed by atoms with van der Waals surface area (Å²) in [5.41, 5.74) is -0.624. The number of hydrogen-bond acceptors (Lipinski definition) is 5. The summed E-state index contributed by atoms with van der Waals surface area (Å²) in [6.07, 6.45) is -0.452. The molecule has 0 N–H and O–H groups in total. The van der Waals surface area contributed by atoms with E-state index in [4.69, 9.17) is 14.2 Å². The lowest BCUT2D eigenvalue weighted by Crippen LogP contribution is -2.51. The Hall–Kier alpha value is -1.30.